The van der Waals surface area contributed by atoms with Crippen LogP contribution in [0.1, 0.15) is 15.9 Å². The van der Waals surface area contributed by atoms with Crippen molar-refractivity contribution >= 4 is 28.8 Å². The van der Waals surface area contributed by atoms with E-state index in [2.05, 4.69) is 4.98 Å². The van der Waals surface area contributed by atoms with Gasteiger partial charge >= 0.3 is 5.97 Å². The fourth-order valence-corrected chi connectivity index (χ4v) is 3.20. The third-order valence-corrected chi connectivity index (χ3v) is 4.71. The van der Waals surface area contributed by atoms with Crippen LogP contribution in [0, 0.1) is 5.82 Å². The molecular formula is C22H19FN4O2. The van der Waals surface area contributed by atoms with E-state index in [1.54, 1.807) is 18.2 Å². The smallest absolute Gasteiger partial charge is 0.337 e. The molecule has 146 valence electrons. The number of aromatic nitrogens is 3. The number of ether oxygens (including phenoxy) is 1. The number of fused-ring (bicyclic) bond motifs is 1. The summed E-state index contributed by atoms with van der Waals surface area (Å²) in [5.41, 5.74) is 3.26. The van der Waals surface area contributed by atoms with E-state index in [1.165, 1.54) is 19.4 Å². The molecule has 0 spiro atoms. The highest BCUT2D eigenvalue weighted by atomic mass is 19.1. The van der Waals surface area contributed by atoms with Crippen LogP contribution in [0.15, 0.2) is 66.9 Å². The van der Waals surface area contributed by atoms with E-state index in [0.29, 0.717) is 23.9 Å². The fraction of sp³-hybridized carbons (Fsp3) is 0.136. The summed E-state index contributed by atoms with van der Waals surface area (Å²) < 4.78 is 20.2. The summed E-state index contributed by atoms with van der Waals surface area (Å²) in [6, 6.07) is 18.0. The second-order valence-electron chi connectivity index (χ2n) is 6.57. The number of methoxy groups -OCH3 is 1. The number of hydrogen-bond donors (Lipinski definition) is 0. The summed E-state index contributed by atoms with van der Waals surface area (Å²) in [5.74, 6) is 0.467. The standard InChI is InChI=1S/C22H19FN4O2/c1-26-19-6-4-3-5-18(19)25-22(26)27(20-12-11-17(23)13-24-20)14-15-7-9-16(10-8-15)21(28)29-2/h3-13H,14H2,1-2H3. The van der Waals surface area contributed by atoms with E-state index < -0.39 is 5.82 Å². The largest absolute Gasteiger partial charge is 0.465 e. The van der Waals surface area contributed by atoms with E-state index >= 15 is 0 Å². The Hall–Kier alpha value is -3.74. The Labute approximate surface area is 167 Å². The Morgan fingerprint density at radius 1 is 1.10 bits per heavy atom. The number of hydrogen-bond acceptors (Lipinski definition) is 5. The predicted octanol–water partition coefficient (Wildman–Crippen LogP) is 4.23. The number of benzene rings is 2. The van der Waals surface area contributed by atoms with Crippen LogP contribution >= 0.6 is 0 Å². The van der Waals surface area contributed by atoms with Gasteiger partial charge in [-0.05, 0) is 42.0 Å². The topological polar surface area (TPSA) is 60.2 Å². The van der Waals surface area contributed by atoms with Gasteiger partial charge in [-0.15, -0.1) is 0 Å². The van der Waals surface area contributed by atoms with E-state index in [-0.39, 0.29) is 5.97 Å². The Morgan fingerprint density at radius 3 is 2.52 bits per heavy atom. The molecule has 0 amide bonds. The van der Waals surface area contributed by atoms with Crippen LogP contribution in [0.25, 0.3) is 11.0 Å². The lowest BCUT2D eigenvalue weighted by molar-refractivity contribution is 0.0600. The van der Waals surface area contributed by atoms with Gasteiger partial charge in [-0.2, -0.15) is 0 Å². The van der Waals surface area contributed by atoms with Gasteiger partial charge in [0.15, 0.2) is 0 Å². The first kappa shape index (κ1) is 18.6. The molecular weight excluding hydrogens is 371 g/mol. The minimum atomic E-state index is -0.402. The van der Waals surface area contributed by atoms with E-state index in [0.717, 1.165) is 16.6 Å². The second-order valence-corrected chi connectivity index (χ2v) is 6.57. The Morgan fingerprint density at radius 2 is 1.86 bits per heavy atom. The lowest BCUT2D eigenvalue weighted by Gasteiger charge is -2.23. The summed E-state index contributed by atoms with van der Waals surface area (Å²) in [6.45, 7) is 0.442. The number of anilines is 2. The van der Waals surface area contributed by atoms with Crippen molar-refractivity contribution < 1.29 is 13.9 Å². The van der Waals surface area contributed by atoms with Crippen LogP contribution in [-0.2, 0) is 18.3 Å². The fourth-order valence-electron chi connectivity index (χ4n) is 3.20. The van der Waals surface area contributed by atoms with Crippen LogP contribution in [0.5, 0.6) is 0 Å². The zero-order chi connectivity index (χ0) is 20.4. The summed E-state index contributed by atoms with van der Waals surface area (Å²) >= 11 is 0. The van der Waals surface area contributed by atoms with Gasteiger partial charge in [0.1, 0.15) is 11.6 Å². The molecule has 2 aromatic carbocycles. The molecule has 0 aliphatic heterocycles. The van der Waals surface area contributed by atoms with Crippen LogP contribution in [0.4, 0.5) is 16.2 Å². The summed E-state index contributed by atoms with van der Waals surface area (Å²) in [6.07, 6.45) is 1.19. The van der Waals surface area contributed by atoms with Crippen molar-refractivity contribution in [2.24, 2.45) is 7.05 Å². The number of esters is 1. The van der Waals surface area contributed by atoms with Crippen molar-refractivity contribution in [1.29, 1.82) is 0 Å². The van der Waals surface area contributed by atoms with Crippen LogP contribution in [-0.4, -0.2) is 27.6 Å². The maximum Gasteiger partial charge on any atom is 0.337 e. The maximum absolute atomic E-state index is 13.4. The predicted molar refractivity (Wildman–Crippen MR) is 109 cm³/mol. The number of nitrogens with zero attached hydrogens (tertiary/aromatic N) is 4. The van der Waals surface area contributed by atoms with Crippen molar-refractivity contribution in [2.45, 2.75) is 6.54 Å². The molecule has 29 heavy (non-hydrogen) atoms. The second kappa shape index (κ2) is 7.71. The van der Waals surface area contributed by atoms with Crippen LogP contribution < -0.4 is 4.90 Å². The first-order chi connectivity index (χ1) is 14.1. The van der Waals surface area contributed by atoms with Crippen molar-refractivity contribution in [2.75, 3.05) is 12.0 Å². The molecule has 0 aliphatic rings. The molecule has 0 aliphatic carbocycles. The minimum Gasteiger partial charge on any atom is -0.465 e. The molecule has 0 radical (unpaired) electrons. The van der Waals surface area contributed by atoms with Crippen molar-refractivity contribution in [1.82, 2.24) is 14.5 Å². The SMILES string of the molecule is COC(=O)c1ccc(CN(c2ccc(F)cn2)c2nc3ccccc3n2C)cc1. The van der Waals surface area contributed by atoms with Gasteiger partial charge in [0, 0.05) is 7.05 Å². The molecule has 6 nitrogen and oxygen atoms in total. The average molecular weight is 390 g/mol. The van der Waals surface area contributed by atoms with Crippen LogP contribution in [0.3, 0.4) is 0 Å². The Bertz CT molecular complexity index is 1150. The number of halogens is 1. The van der Waals surface area contributed by atoms with Crippen molar-refractivity contribution in [3.63, 3.8) is 0 Å². The number of aryl methyl sites for hydroxylation is 1. The molecule has 2 heterocycles. The van der Waals surface area contributed by atoms with E-state index in [9.17, 15) is 9.18 Å². The van der Waals surface area contributed by atoms with Gasteiger partial charge < -0.3 is 9.30 Å². The lowest BCUT2D eigenvalue weighted by Crippen LogP contribution is -2.21. The molecule has 2 aromatic heterocycles. The Balaban J connectivity index is 1.75. The molecule has 4 aromatic rings. The van der Waals surface area contributed by atoms with Crippen molar-refractivity contribution in [3.05, 3.63) is 83.8 Å². The minimum absolute atomic E-state index is 0.385. The third-order valence-electron chi connectivity index (χ3n) is 4.71. The molecule has 0 unspecified atom stereocenters. The van der Waals surface area contributed by atoms with E-state index in [1.807, 2.05) is 52.9 Å². The highest BCUT2D eigenvalue weighted by molar-refractivity contribution is 5.89. The van der Waals surface area contributed by atoms with Gasteiger partial charge in [0.05, 0.1) is 36.4 Å². The van der Waals surface area contributed by atoms with Gasteiger partial charge in [-0.1, -0.05) is 24.3 Å². The summed E-state index contributed by atoms with van der Waals surface area (Å²) in [7, 11) is 3.28. The number of rotatable bonds is 5. The maximum atomic E-state index is 13.4. The zero-order valence-corrected chi connectivity index (χ0v) is 16.0. The molecule has 0 saturated heterocycles. The molecule has 0 atom stereocenters. The summed E-state index contributed by atoms with van der Waals surface area (Å²) in [5, 5.41) is 0. The first-order valence-corrected chi connectivity index (χ1v) is 9.04. The van der Waals surface area contributed by atoms with E-state index in [4.69, 9.17) is 9.72 Å². The first-order valence-electron chi connectivity index (χ1n) is 9.04. The quantitative estimate of drug-likeness (QED) is 0.477. The number of imidazole rings is 1. The molecule has 7 heteroatoms. The Kier molecular flexibility index (Phi) is 4.95. The average Bonchev–Trinajstić information content (AvgIpc) is 3.09. The number of pyridine rings is 1. The monoisotopic (exact) mass is 390 g/mol. The number of carbonyl (C=O) groups excluding carboxylic acids is 1. The zero-order valence-electron chi connectivity index (χ0n) is 16.0. The highest BCUT2D eigenvalue weighted by Crippen LogP contribution is 2.28. The number of carbonyl (C=O) groups is 1. The molecule has 0 bridgehead atoms. The third kappa shape index (κ3) is 3.67. The lowest BCUT2D eigenvalue weighted by atomic mass is 10.1. The molecule has 0 fully saturated rings. The molecule has 0 N–H and O–H groups in total. The van der Waals surface area contributed by atoms with Gasteiger partial charge in [0.25, 0.3) is 0 Å². The molecule has 4 rings (SSSR count). The van der Waals surface area contributed by atoms with Crippen molar-refractivity contribution in [3.8, 4) is 0 Å². The van der Waals surface area contributed by atoms with Gasteiger partial charge in [0.2, 0.25) is 5.95 Å². The number of para-hydroxylation sites is 2. The summed E-state index contributed by atoms with van der Waals surface area (Å²) in [4.78, 5) is 22.6. The van der Waals surface area contributed by atoms with Gasteiger partial charge in [-0.25, -0.2) is 19.2 Å². The molecule has 0 saturated carbocycles. The normalized spacial score (nSPS) is 10.9. The highest BCUT2D eigenvalue weighted by Gasteiger charge is 2.19. The van der Waals surface area contributed by atoms with Gasteiger partial charge in [-0.3, -0.25) is 4.90 Å². The van der Waals surface area contributed by atoms with Crippen LogP contribution in [0.2, 0.25) is 0 Å².